The average molecular weight is 382 g/mol. The van der Waals surface area contributed by atoms with Crippen LogP contribution in [0, 0.1) is 6.92 Å². The first-order valence-electron chi connectivity index (χ1n) is 7.44. The largest absolute Gasteiger partial charge is 0.454 e. The van der Waals surface area contributed by atoms with E-state index in [4.69, 9.17) is 16.3 Å². The average Bonchev–Trinajstić information content (AvgIpc) is 2.98. The standard InChI is InChI=1S/C16H16ClN3O4S/c1-9(15(23)11-3-5-12(17)6-4-11)24-14(22)8-7-13(21)18-16-20-19-10(2)25-16/h3-6,9H,7-8H2,1-2H3,(H,18,20,21)/t9-/m0/s1. The number of esters is 1. The lowest BCUT2D eigenvalue weighted by Crippen LogP contribution is -2.25. The van der Waals surface area contributed by atoms with Crippen molar-refractivity contribution in [3.63, 3.8) is 0 Å². The van der Waals surface area contributed by atoms with Crippen molar-refractivity contribution < 1.29 is 19.1 Å². The van der Waals surface area contributed by atoms with E-state index in [1.807, 2.05) is 0 Å². The molecule has 0 aliphatic rings. The molecule has 1 amide bonds. The highest BCUT2D eigenvalue weighted by atomic mass is 35.5. The molecule has 0 fully saturated rings. The first-order valence-corrected chi connectivity index (χ1v) is 8.64. The highest BCUT2D eigenvalue weighted by Crippen LogP contribution is 2.15. The number of rotatable bonds is 7. The molecule has 1 heterocycles. The maximum atomic E-state index is 12.2. The number of Topliss-reactive ketones (excluding diaryl/α,β-unsaturated/α-hetero) is 1. The Labute approximate surface area is 153 Å². The Kier molecular flexibility index (Phi) is 6.60. The summed E-state index contributed by atoms with van der Waals surface area (Å²) in [6, 6.07) is 6.30. The summed E-state index contributed by atoms with van der Waals surface area (Å²) in [5, 5.41) is 11.7. The number of halogens is 1. The summed E-state index contributed by atoms with van der Waals surface area (Å²) >= 11 is 7.01. The number of benzene rings is 1. The normalized spacial score (nSPS) is 11.6. The third-order valence-electron chi connectivity index (χ3n) is 3.13. The molecular weight excluding hydrogens is 366 g/mol. The number of amides is 1. The summed E-state index contributed by atoms with van der Waals surface area (Å²) in [6.45, 7) is 3.25. The van der Waals surface area contributed by atoms with Gasteiger partial charge in [0.2, 0.25) is 16.8 Å². The van der Waals surface area contributed by atoms with E-state index in [2.05, 4.69) is 15.5 Å². The second-order valence-electron chi connectivity index (χ2n) is 5.18. The number of hydrogen-bond acceptors (Lipinski definition) is 7. The number of anilines is 1. The van der Waals surface area contributed by atoms with Crippen molar-refractivity contribution in [2.45, 2.75) is 32.8 Å². The molecule has 25 heavy (non-hydrogen) atoms. The van der Waals surface area contributed by atoms with Gasteiger partial charge in [0.15, 0.2) is 6.10 Å². The van der Waals surface area contributed by atoms with Crippen LogP contribution in [0.1, 0.15) is 35.1 Å². The van der Waals surface area contributed by atoms with Gasteiger partial charge < -0.3 is 10.1 Å². The molecule has 7 nitrogen and oxygen atoms in total. The Morgan fingerprint density at radius 3 is 2.48 bits per heavy atom. The van der Waals surface area contributed by atoms with Crippen LogP contribution >= 0.6 is 22.9 Å². The quantitative estimate of drug-likeness (QED) is 0.584. The lowest BCUT2D eigenvalue weighted by molar-refractivity contribution is -0.147. The molecule has 0 aliphatic carbocycles. The van der Waals surface area contributed by atoms with Crippen LogP contribution in [0.4, 0.5) is 5.13 Å². The Hall–Kier alpha value is -2.32. The van der Waals surface area contributed by atoms with Crippen molar-refractivity contribution in [3.8, 4) is 0 Å². The molecule has 1 N–H and O–H groups in total. The Bertz CT molecular complexity index is 776. The maximum absolute atomic E-state index is 12.2. The first-order chi connectivity index (χ1) is 11.8. The van der Waals surface area contributed by atoms with Gasteiger partial charge in [-0.1, -0.05) is 22.9 Å². The topological polar surface area (TPSA) is 98.2 Å². The first kappa shape index (κ1) is 19.0. The molecule has 1 aromatic heterocycles. The number of nitrogens with one attached hydrogen (secondary N) is 1. The SMILES string of the molecule is Cc1nnc(NC(=O)CCC(=O)O[C@@H](C)C(=O)c2ccc(Cl)cc2)s1. The zero-order chi connectivity index (χ0) is 18.4. The second-order valence-corrected chi connectivity index (χ2v) is 6.80. The number of carbonyl (C=O) groups excluding carboxylic acids is 3. The third-order valence-corrected chi connectivity index (χ3v) is 4.14. The summed E-state index contributed by atoms with van der Waals surface area (Å²) in [7, 11) is 0. The van der Waals surface area contributed by atoms with E-state index in [-0.39, 0.29) is 24.5 Å². The van der Waals surface area contributed by atoms with Crippen LogP contribution in [-0.4, -0.2) is 34.0 Å². The molecule has 2 rings (SSSR count). The zero-order valence-electron chi connectivity index (χ0n) is 13.6. The van der Waals surface area contributed by atoms with Crippen LogP contribution in [-0.2, 0) is 14.3 Å². The lowest BCUT2D eigenvalue weighted by Gasteiger charge is -2.12. The molecule has 132 valence electrons. The van der Waals surface area contributed by atoms with Gasteiger partial charge >= 0.3 is 5.97 Å². The molecule has 0 bridgehead atoms. The number of ether oxygens (including phenoxy) is 1. The molecule has 0 saturated carbocycles. The van der Waals surface area contributed by atoms with Gasteiger partial charge in [0.25, 0.3) is 0 Å². The zero-order valence-corrected chi connectivity index (χ0v) is 15.2. The van der Waals surface area contributed by atoms with Gasteiger partial charge in [-0.3, -0.25) is 14.4 Å². The summed E-state index contributed by atoms with van der Waals surface area (Å²) in [4.78, 5) is 35.7. The van der Waals surface area contributed by atoms with Crippen molar-refractivity contribution >= 4 is 45.7 Å². The highest BCUT2D eigenvalue weighted by molar-refractivity contribution is 7.15. The smallest absolute Gasteiger partial charge is 0.307 e. The van der Waals surface area contributed by atoms with Crippen LogP contribution in [0.5, 0.6) is 0 Å². The second kappa shape index (κ2) is 8.68. The Morgan fingerprint density at radius 2 is 1.88 bits per heavy atom. The van der Waals surface area contributed by atoms with Crippen molar-refractivity contribution in [1.82, 2.24) is 10.2 Å². The minimum atomic E-state index is -0.942. The van der Waals surface area contributed by atoms with E-state index >= 15 is 0 Å². The lowest BCUT2D eigenvalue weighted by atomic mass is 10.1. The minimum absolute atomic E-state index is 0.0701. The van der Waals surface area contributed by atoms with Gasteiger partial charge in [0.1, 0.15) is 5.01 Å². The van der Waals surface area contributed by atoms with Gasteiger partial charge in [-0.25, -0.2) is 0 Å². The van der Waals surface area contributed by atoms with Crippen LogP contribution in [0.2, 0.25) is 5.02 Å². The number of carbonyl (C=O) groups is 3. The molecular formula is C16H16ClN3O4S. The summed E-state index contributed by atoms with van der Waals surface area (Å²) in [5.74, 6) is -1.33. The molecule has 1 aromatic carbocycles. The van der Waals surface area contributed by atoms with E-state index in [0.29, 0.717) is 15.7 Å². The number of ketones is 1. The predicted molar refractivity (Wildman–Crippen MR) is 93.8 cm³/mol. The molecule has 0 radical (unpaired) electrons. The van der Waals surface area contributed by atoms with Crippen LogP contribution in [0.3, 0.4) is 0 Å². The maximum Gasteiger partial charge on any atom is 0.307 e. The third kappa shape index (κ3) is 5.91. The fourth-order valence-corrected chi connectivity index (χ4v) is 2.64. The molecule has 0 saturated heterocycles. The monoisotopic (exact) mass is 381 g/mol. The van der Waals surface area contributed by atoms with Gasteiger partial charge in [0.05, 0.1) is 6.42 Å². The molecule has 0 spiro atoms. The Balaban J connectivity index is 1.78. The fourth-order valence-electron chi connectivity index (χ4n) is 1.90. The van der Waals surface area contributed by atoms with Gasteiger partial charge in [0, 0.05) is 17.0 Å². The van der Waals surface area contributed by atoms with Crippen LogP contribution in [0.15, 0.2) is 24.3 Å². The van der Waals surface area contributed by atoms with Crippen LogP contribution < -0.4 is 5.32 Å². The Morgan fingerprint density at radius 1 is 1.20 bits per heavy atom. The van der Waals surface area contributed by atoms with E-state index in [9.17, 15) is 14.4 Å². The molecule has 0 unspecified atom stereocenters. The van der Waals surface area contributed by atoms with Crippen LogP contribution in [0.25, 0.3) is 0 Å². The van der Waals surface area contributed by atoms with Gasteiger partial charge in [-0.15, -0.1) is 10.2 Å². The van der Waals surface area contributed by atoms with E-state index in [1.165, 1.54) is 18.3 Å². The molecule has 9 heteroatoms. The fraction of sp³-hybridized carbons (Fsp3) is 0.312. The highest BCUT2D eigenvalue weighted by Gasteiger charge is 2.20. The molecule has 0 aliphatic heterocycles. The molecule has 1 atom stereocenters. The predicted octanol–water partition coefficient (Wildman–Crippen LogP) is 3.03. The number of aryl methyl sites for hydroxylation is 1. The van der Waals surface area contributed by atoms with Crippen molar-refractivity contribution in [1.29, 1.82) is 0 Å². The van der Waals surface area contributed by atoms with Crippen molar-refractivity contribution in [2.24, 2.45) is 0 Å². The van der Waals surface area contributed by atoms with E-state index in [1.54, 1.807) is 31.2 Å². The number of aromatic nitrogens is 2. The van der Waals surface area contributed by atoms with Gasteiger partial charge in [-0.2, -0.15) is 0 Å². The van der Waals surface area contributed by atoms with Crippen molar-refractivity contribution in [3.05, 3.63) is 39.9 Å². The molecule has 2 aromatic rings. The summed E-state index contributed by atoms with van der Waals surface area (Å²) in [6.07, 6.45) is -1.15. The summed E-state index contributed by atoms with van der Waals surface area (Å²) < 4.78 is 5.07. The minimum Gasteiger partial charge on any atom is -0.454 e. The van der Waals surface area contributed by atoms with E-state index in [0.717, 1.165) is 5.01 Å². The number of nitrogens with zero attached hydrogens (tertiary/aromatic N) is 2. The van der Waals surface area contributed by atoms with Crippen molar-refractivity contribution in [2.75, 3.05) is 5.32 Å². The van der Waals surface area contributed by atoms with E-state index < -0.39 is 12.1 Å². The summed E-state index contributed by atoms with van der Waals surface area (Å²) in [5.41, 5.74) is 0.397. The van der Waals surface area contributed by atoms with Gasteiger partial charge in [-0.05, 0) is 38.1 Å². The number of hydrogen-bond donors (Lipinski definition) is 1.